The topological polar surface area (TPSA) is 32.3 Å². The summed E-state index contributed by atoms with van der Waals surface area (Å²) < 4.78 is 4.12. The van der Waals surface area contributed by atoms with Crippen LogP contribution in [0, 0.1) is 0 Å². The average molecular weight is 322 g/mol. The Morgan fingerprint density at radius 3 is 2.70 bits per heavy atom. The number of likely N-dealkylation sites (N-methyl/N-ethyl adjacent to an activating group) is 1. The van der Waals surface area contributed by atoms with Crippen LogP contribution in [0.5, 0.6) is 0 Å². The van der Waals surface area contributed by atoms with E-state index in [1.807, 2.05) is 0 Å². The third-order valence-corrected chi connectivity index (χ3v) is 4.91. The Morgan fingerprint density at radius 1 is 1.04 bits per heavy atom. The molecule has 3 aromatic rings. The van der Waals surface area contributed by atoms with Gasteiger partial charge in [-0.15, -0.1) is 0 Å². The van der Waals surface area contributed by atoms with Crippen molar-refractivity contribution in [2.75, 3.05) is 25.0 Å². The fraction of sp³-hybridized carbons (Fsp3) is 0.222. The van der Waals surface area contributed by atoms with Crippen molar-refractivity contribution in [2.24, 2.45) is 0 Å². The molecule has 116 valence electrons. The van der Waals surface area contributed by atoms with Gasteiger partial charge in [0, 0.05) is 36.6 Å². The van der Waals surface area contributed by atoms with Crippen molar-refractivity contribution in [3.05, 3.63) is 60.4 Å². The largest absolute Gasteiger partial charge is 0.340 e. The van der Waals surface area contributed by atoms with E-state index >= 15 is 0 Å². The van der Waals surface area contributed by atoms with Gasteiger partial charge in [0.1, 0.15) is 11.3 Å². The van der Waals surface area contributed by atoms with Gasteiger partial charge < -0.3 is 9.80 Å². The molecule has 4 rings (SSSR count). The number of aromatic nitrogens is 2. The number of rotatable bonds is 2. The van der Waals surface area contributed by atoms with Gasteiger partial charge >= 0.3 is 0 Å². The Hall–Kier alpha value is -2.24. The zero-order valence-corrected chi connectivity index (χ0v) is 13.8. The average Bonchev–Trinajstić information content (AvgIpc) is 3.06. The van der Waals surface area contributed by atoms with Crippen LogP contribution in [0.2, 0.25) is 0 Å². The molecule has 0 radical (unpaired) electrons. The van der Waals surface area contributed by atoms with E-state index in [4.69, 9.17) is 0 Å². The molecule has 5 heteroatoms. The van der Waals surface area contributed by atoms with Gasteiger partial charge in [0.15, 0.2) is 0 Å². The normalized spacial score (nSPS) is 15.3. The summed E-state index contributed by atoms with van der Waals surface area (Å²) in [5.74, 6) is 0. The molecular weight excluding hydrogens is 304 g/mol. The third-order valence-electron chi connectivity index (χ3n) is 4.19. The van der Waals surface area contributed by atoms with Crippen molar-refractivity contribution >= 4 is 22.9 Å². The molecule has 0 aliphatic carbocycles. The van der Waals surface area contributed by atoms with Crippen molar-refractivity contribution in [1.82, 2.24) is 14.3 Å². The Bertz CT molecular complexity index is 786. The number of nitrogens with zero attached hydrogens (tertiary/aromatic N) is 4. The molecule has 1 aromatic heterocycles. The molecule has 0 saturated heterocycles. The van der Waals surface area contributed by atoms with Gasteiger partial charge in [0.05, 0.1) is 0 Å². The number of para-hydroxylation sites is 1. The standard InChI is InChI=1S/C18H18N4S/c1-21-9-10-22(16-5-3-2-4-6-16)17-8-7-14(11-15(17)12-21)18-19-13-20-23-18/h2-8,11,13H,9-10,12H2,1H3. The Morgan fingerprint density at radius 2 is 1.91 bits per heavy atom. The van der Waals surface area contributed by atoms with E-state index in [0.29, 0.717) is 0 Å². The van der Waals surface area contributed by atoms with Crippen LogP contribution in [0.4, 0.5) is 11.4 Å². The second kappa shape index (κ2) is 6.10. The van der Waals surface area contributed by atoms with Gasteiger partial charge in [-0.2, -0.15) is 4.37 Å². The van der Waals surface area contributed by atoms with Gasteiger partial charge in [0.25, 0.3) is 0 Å². The summed E-state index contributed by atoms with van der Waals surface area (Å²) >= 11 is 1.44. The highest BCUT2D eigenvalue weighted by Gasteiger charge is 2.20. The second-order valence-corrected chi connectivity index (χ2v) is 6.59. The molecule has 0 spiro atoms. The van der Waals surface area contributed by atoms with Crippen molar-refractivity contribution in [2.45, 2.75) is 6.54 Å². The van der Waals surface area contributed by atoms with Crippen LogP contribution in [0.15, 0.2) is 54.9 Å². The summed E-state index contributed by atoms with van der Waals surface area (Å²) in [4.78, 5) is 9.11. The van der Waals surface area contributed by atoms with Gasteiger partial charge in [0.2, 0.25) is 0 Å². The predicted octanol–water partition coefficient (Wildman–Crippen LogP) is 3.79. The van der Waals surface area contributed by atoms with Crippen molar-refractivity contribution in [3.8, 4) is 10.6 Å². The summed E-state index contributed by atoms with van der Waals surface area (Å²) in [6.07, 6.45) is 1.62. The summed E-state index contributed by atoms with van der Waals surface area (Å²) in [7, 11) is 2.18. The summed E-state index contributed by atoms with van der Waals surface area (Å²) in [5.41, 5.74) is 5.01. The molecule has 4 nitrogen and oxygen atoms in total. The molecule has 1 aliphatic heterocycles. The van der Waals surface area contributed by atoms with Gasteiger partial charge in [-0.05, 0) is 54.5 Å². The van der Waals surface area contributed by atoms with Crippen LogP contribution >= 0.6 is 11.5 Å². The maximum absolute atomic E-state index is 4.34. The van der Waals surface area contributed by atoms with E-state index in [2.05, 4.69) is 74.7 Å². The quantitative estimate of drug-likeness (QED) is 0.718. The molecule has 0 atom stereocenters. The van der Waals surface area contributed by atoms with Crippen molar-refractivity contribution in [3.63, 3.8) is 0 Å². The monoisotopic (exact) mass is 322 g/mol. The van der Waals surface area contributed by atoms with Gasteiger partial charge in [-0.1, -0.05) is 18.2 Å². The van der Waals surface area contributed by atoms with Crippen molar-refractivity contribution < 1.29 is 0 Å². The molecular formula is C18H18N4S. The van der Waals surface area contributed by atoms with Crippen LogP contribution in [0.25, 0.3) is 10.6 Å². The molecule has 0 amide bonds. The number of anilines is 2. The number of benzene rings is 2. The van der Waals surface area contributed by atoms with Crippen LogP contribution in [-0.4, -0.2) is 34.4 Å². The Kier molecular flexibility index (Phi) is 3.81. The van der Waals surface area contributed by atoms with Crippen LogP contribution < -0.4 is 4.90 Å². The number of hydrogen-bond donors (Lipinski definition) is 0. The summed E-state index contributed by atoms with van der Waals surface area (Å²) in [6.45, 7) is 2.98. The fourth-order valence-electron chi connectivity index (χ4n) is 3.05. The first-order valence-electron chi connectivity index (χ1n) is 7.72. The highest BCUT2D eigenvalue weighted by molar-refractivity contribution is 7.09. The molecule has 0 unspecified atom stereocenters. The van der Waals surface area contributed by atoms with E-state index in [1.54, 1.807) is 6.33 Å². The van der Waals surface area contributed by atoms with E-state index < -0.39 is 0 Å². The minimum absolute atomic E-state index is 0.950. The zero-order chi connectivity index (χ0) is 15.6. The fourth-order valence-corrected chi connectivity index (χ4v) is 3.57. The van der Waals surface area contributed by atoms with E-state index in [-0.39, 0.29) is 0 Å². The smallest absolute Gasteiger partial charge is 0.143 e. The molecule has 0 bridgehead atoms. The minimum Gasteiger partial charge on any atom is -0.340 e. The number of fused-ring (bicyclic) bond motifs is 1. The molecule has 0 fully saturated rings. The number of hydrogen-bond acceptors (Lipinski definition) is 5. The van der Waals surface area contributed by atoms with Gasteiger partial charge in [-0.3, -0.25) is 0 Å². The first-order valence-corrected chi connectivity index (χ1v) is 8.50. The highest BCUT2D eigenvalue weighted by atomic mass is 32.1. The van der Waals surface area contributed by atoms with E-state index in [0.717, 1.165) is 30.2 Å². The summed E-state index contributed by atoms with van der Waals surface area (Å²) in [6, 6.07) is 17.2. The third kappa shape index (κ3) is 2.85. The highest BCUT2D eigenvalue weighted by Crippen LogP contribution is 2.34. The van der Waals surface area contributed by atoms with Gasteiger partial charge in [-0.25, -0.2) is 4.98 Å². The van der Waals surface area contributed by atoms with Crippen molar-refractivity contribution in [1.29, 1.82) is 0 Å². The maximum atomic E-state index is 4.34. The lowest BCUT2D eigenvalue weighted by Gasteiger charge is -2.25. The molecule has 1 aliphatic rings. The molecule has 23 heavy (non-hydrogen) atoms. The summed E-state index contributed by atoms with van der Waals surface area (Å²) in [5, 5.41) is 0.978. The first-order chi connectivity index (χ1) is 11.3. The SMILES string of the molecule is CN1CCN(c2ccccc2)c2ccc(-c3ncns3)cc2C1. The van der Waals surface area contributed by atoms with Crippen LogP contribution in [0.3, 0.4) is 0 Å². The first kappa shape index (κ1) is 14.4. The Labute approximate surface area is 140 Å². The second-order valence-electron chi connectivity index (χ2n) is 5.81. The minimum atomic E-state index is 0.950. The molecule has 0 N–H and O–H groups in total. The van der Waals surface area contributed by atoms with Crippen LogP contribution in [0.1, 0.15) is 5.56 Å². The van der Waals surface area contributed by atoms with E-state index in [1.165, 1.54) is 28.5 Å². The lowest BCUT2D eigenvalue weighted by molar-refractivity contribution is 0.343. The molecule has 2 heterocycles. The molecule has 2 aromatic carbocycles. The molecule has 0 saturated carbocycles. The predicted molar refractivity (Wildman–Crippen MR) is 95.1 cm³/mol. The zero-order valence-electron chi connectivity index (χ0n) is 13.0. The van der Waals surface area contributed by atoms with E-state index in [9.17, 15) is 0 Å². The Balaban J connectivity index is 1.79. The maximum Gasteiger partial charge on any atom is 0.143 e. The lowest BCUT2D eigenvalue weighted by atomic mass is 10.1. The lowest BCUT2D eigenvalue weighted by Crippen LogP contribution is -2.26. The van der Waals surface area contributed by atoms with Crippen LogP contribution in [-0.2, 0) is 6.54 Å².